The van der Waals surface area contributed by atoms with Crippen molar-refractivity contribution in [2.24, 2.45) is 0 Å². The van der Waals surface area contributed by atoms with Gasteiger partial charge in [0.25, 0.3) is 0 Å². The second-order valence-corrected chi connectivity index (χ2v) is 3.89. The van der Waals surface area contributed by atoms with E-state index in [9.17, 15) is 9.59 Å². The zero-order chi connectivity index (χ0) is 14.8. The average Bonchev–Trinajstić information content (AvgIpc) is 2.80. The number of hydrogen-bond acceptors (Lipinski definition) is 4. The Balaban J connectivity index is 2.20. The van der Waals surface area contributed by atoms with Gasteiger partial charge < -0.3 is 20.5 Å². The number of urea groups is 1. The number of nitrogens with zero attached hydrogens (tertiary/aromatic N) is 2. The molecule has 0 aromatic carbocycles. The lowest BCUT2D eigenvalue weighted by molar-refractivity contribution is -0.137. The van der Waals surface area contributed by atoms with Crippen LogP contribution < -0.4 is 10.6 Å². The summed E-state index contributed by atoms with van der Waals surface area (Å²) in [6, 6.07) is -0.396. The molecule has 1 heterocycles. The van der Waals surface area contributed by atoms with Crippen molar-refractivity contribution >= 4 is 17.7 Å². The van der Waals surface area contributed by atoms with Crippen LogP contribution in [0.4, 0.5) is 10.5 Å². The minimum atomic E-state index is -0.999. The first-order chi connectivity index (χ1) is 9.61. The van der Waals surface area contributed by atoms with Crippen LogP contribution in [0.3, 0.4) is 0 Å². The maximum Gasteiger partial charge on any atom is 0.325 e. The van der Waals surface area contributed by atoms with Gasteiger partial charge in [-0.2, -0.15) is 5.10 Å². The van der Waals surface area contributed by atoms with Crippen molar-refractivity contribution in [3.63, 3.8) is 0 Å². The SMILES string of the molecule is C=CCCOCCNC(=O)Nc1cnn(CC(=O)O)c1. The Labute approximate surface area is 116 Å². The third-order valence-electron chi connectivity index (χ3n) is 2.19. The van der Waals surface area contributed by atoms with E-state index in [-0.39, 0.29) is 6.54 Å². The van der Waals surface area contributed by atoms with Gasteiger partial charge in [-0.25, -0.2) is 4.79 Å². The van der Waals surface area contributed by atoms with Crippen LogP contribution >= 0.6 is 0 Å². The number of carbonyl (C=O) groups excluding carboxylic acids is 1. The summed E-state index contributed by atoms with van der Waals surface area (Å²) in [6.07, 6.45) is 5.35. The van der Waals surface area contributed by atoms with Crippen molar-refractivity contribution in [1.29, 1.82) is 0 Å². The normalized spacial score (nSPS) is 10.0. The van der Waals surface area contributed by atoms with E-state index < -0.39 is 12.0 Å². The van der Waals surface area contributed by atoms with Crippen LogP contribution in [0.5, 0.6) is 0 Å². The Morgan fingerprint density at radius 2 is 2.30 bits per heavy atom. The lowest BCUT2D eigenvalue weighted by Gasteiger charge is -2.06. The highest BCUT2D eigenvalue weighted by molar-refractivity contribution is 5.88. The lowest BCUT2D eigenvalue weighted by Crippen LogP contribution is -2.31. The first-order valence-corrected chi connectivity index (χ1v) is 6.09. The van der Waals surface area contributed by atoms with E-state index in [1.807, 2.05) is 0 Å². The molecule has 0 aliphatic heterocycles. The Bertz CT molecular complexity index is 458. The molecule has 20 heavy (non-hydrogen) atoms. The molecule has 0 radical (unpaired) electrons. The smallest absolute Gasteiger partial charge is 0.325 e. The molecule has 1 aromatic heterocycles. The van der Waals surface area contributed by atoms with Crippen molar-refractivity contribution in [3.05, 3.63) is 25.0 Å². The zero-order valence-electron chi connectivity index (χ0n) is 11.0. The highest BCUT2D eigenvalue weighted by Crippen LogP contribution is 2.03. The molecule has 0 atom stereocenters. The van der Waals surface area contributed by atoms with Crippen molar-refractivity contribution in [2.75, 3.05) is 25.1 Å². The van der Waals surface area contributed by atoms with E-state index in [4.69, 9.17) is 9.84 Å². The summed E-state index contributed by atoms with van der Waals surface area (Å²) in [5.41, 5.74) is 0.427. The minimum absolute atomic E-state index is 0.250. The molecule has 1 aromatic rings. The summed E-state index contributed by atoms with van der Waals surface area (Å²) >= 11 is 0. The Kier molecular flexibility index (Phi) is 6.83. The maximum absolute atomic E-state index is 11.5. The summed E-state index contributed by atoms with van der Waals surface area (Å²) in [7, 11) is 0. The molecule has 2 amide bonds. The summed E-state index contributed by atoms with van der Waals surface area (Å²) < 4.78 is 6.45. The standard InChI is InChI=1S/C12H18N4O4/c1-2-3-5-20-6-4-13-12(19)15-10-7-14-16(8-10)9-11(17)18/h2,7-8H,1,3-6,9H2,(H,17,18)(H2,13,15,19). The molecule has 3 N–H and O–H groups in total. The van der Waals surface area contributed by atoms with Gasteiger partial charge in [-0.1, -0.05) is 6.08 Å². The quantitative estimate of drug-likeness (QED) is 0.456. The first kappa shape index (κ1) is 15.7. The minimum Gasteiger partial charge on any atom is -0.480 e. The molecule has 110 valence electrons. The van der Waals surface area contributed by atoms with Gasteiger partial charge in [0.2, 0.25) is 0 Å². The molecular weight excluding hydrogens is 264 g/mol. The number of aromatic nitrogens is 2. The fraction of sp³-hybridized carbons (Fsp3) is 0.417. The van der Waals surface area contributed by atoms with Crippen LogP contribution in [0.1, 0.15) is 6.42 Å². The van der Waals surface area contributed by atoms with Crippen molar-refractivity contribution < 1.29 is 19.4 Å². The number of anilines is 1. The highest BCUT2D eigenvalue weighted by Gasteiger charge is 2.05. The summed E-state index contributed by atoms with van der Waals surface area (Å²) in [5.74, 6) is -0.999. The zero-order valence-corrected chi connectivity index (χ0v) is 11.0. The van der Waals surface area contributed by atoms with Crippen molar-refractivity contribution in [3.8, 4) is 0 Å². The molecule has 0 unspecified atom stereocenters. The van der Waals surface area contributed by atoms with Gasteiger partial charge in [0.05, 0.1) is 25.1 Å². The monoisotopic (exact) mass is 282 g/mol. The van der Waals surface area contributed by atoms with E-state index in [1.54, 1.807) is 6.08 Å². The number of amides is 2. The van der Waals surface area contributed by atoms with Crippen LogP contribution in [-0.2, 0) is 16.1 Å². The third-order valence-corrected chi connectivity index (χ3v) is 2.19. The number of hydrogen-bond donors (Lipinski definition) is 3. The fourth-order valence-electron chi connectivity index (χ4n) is 1.33. The maximum atomic E-state index is 11.5. The molecule has 0 aliphatic rings. The van der Waals surface area contributed by atoms with Gasteiger partial charge in [-0.05, 0) is 6.42 Å². The van der Waals surface area contributed by atoms with Gasteiger partial charge in [0.15, 0.2) is 0 Å². The van der Waals surface area contributed by atoms with Crippen molar-refractivity contribution in [2.45, 2.75) is 13.0 Å². The number of nitrogens with one attached hydrogen (secondary N) is 2. The largest absolute Gasteiger partial charge is 0.480 e. The Hall–Kier alpha value is -2.35. The highest BCUT2D eigenvalue weighted by atomic mass is 16.5. The molecule has 0 saturated carbocycles. The molecular formula is C12H18N4O4. The number of carboxylic acid groups (broad SMARTS) is 1. The molecule has 0 saturated heterocycles. The van der Waals surface area contributed by atoms with Crippen LogP contribution in [0, 0.1) is 0 Å². The first-order valence-electron chi connectivity index (χ1n) is 6.09. The van der Waals surface area contributed by atoms with Gasteiger partial charge in [0.1, 0.15) is 6.54 Å². The number of ether oxygens (including phenoxy) is 1. The number of aliphatic carboxylic acids is 1. The van der Waals surface area contributed by atoms with Crippen LogP contribution in [0.15, 0.2) is 25.0 Å². The van der Waals surface area contributed by atoms with Crippen LogP contribution in [0.2, 0.25) is 0 Å². The molecule has 1 rings (SSSR count). The van der Waals surface area contributed by atoms with Gasteiger partial charge in [-0.15, -0.1) is 6.58 Å². The van der Waals surface area contributed by atoms with Gasteiger partial charge >= 0.3 is 12.0 Å². The van der Waals surface area contributed by atoms with Gasteiger partial charge in [0, 0.05) is 12.7 Å². The van der Waals surface area contributed by atoms with Crippen LogP contribution in [-0.4, -0.2) is 46.6 Å². The molecule has 0 bridgehead atoms. The molecule has 0 aliphatic carbocycles. The lowest BCUT2D eigenvalue weighted by atomic mass is 10.4. The summed E-state index contributed by atoms with van der Waals surface area (Å²) in [5, 5.41) is 17.5. The molecule has 8 nitrogen and oxygen atoms in total. The average molecular weight is 282 g/mol. The number of carboxylic acids is 1. The van der Waals surface area contributed by atoms with E-state index in [0.717, 1.165) is 6.42 Å². The fourth-order valence-corrected chi connectivity index (χ4v) is 1.33. The van der Waals surface area contributed by atoms with Crippen LogP contribution in [0.25, 0.3) is 0 Å². The third kappa shape index (κ3) is 6.55. The second kappa shape index (κ2) is 8.70. The Morgan fingerprint density at radius 1 is 1.50 bits per heavy atom. The molecule has 0 spiro atoms. The number of carbonyl (C=O) groups is 2. The van der Waals surface area contributed by atoms with Crippen molar-refractivity contribution in [1.82, 2.24) is 15.1 Å². The predicted octanol–water partition coefficient (Wildman–Crippen LogP) is 0.682. The molecule has 0 fully saturated rings. The van der Waals surface area contributed by atoms with E-state index in [2.05, 4.69) is 22.3 Å². The van der Waals surface area contributed by atoms with E-state index in [1.165, 1.54) is 17.1 Å². The topological polar surface area (TPSA) is 105 Å². The second-order valence-electron chi connectivity index (χ2n) is 3.89. The van der Waals surface area contributed by atoms with Gasteiger partial charge in [-0.3, -0.25) is 9.48 Å². The molecule has 8 heteroatoms. The Morgan fingerprint density at radius 3 is 3.00 bits per heavy atom. The van der Waals surface area contributed by atoms with E-state index in [0.29, 0.717) is 25.4 Å². The number of rotatable bonds is 9. The summed E-state index contributed by atoms with van der Waals surface area (Å²) in [4.78, 5) is 22.0. The summed E-state index contributed by atoms with van der Waals surface area (Å²) in [6.45, 7) is 4.69. The van der Waals surface area contributed by atoms with E-state index >= 15 is 0 Å². The predicted molar refractivity (Wildman–Crippen MR) is 72.5 cm³/mol.